The van der Waals surface area contributed by atoms with Crippen LogP contribution in [0.5, 0.6) is 0 Å². The Morgan fingerprint density at radius 2 is 1.88 bits per heavy atom. The largest absolute Gasteiger partial charge is 0.388 e. The summed E-state index contributed by atoms with van der Waals surface area (Å²) in [6.07, 6.45) is 1.90. The second kappa shape index (κ2) is 4.72. The SMILES string of the molecule is Cc1ccc(CC(O)c2cnn(C)c2C)cc1. The summed E-state index contributed by atoms with van der Waals surface area (Å²) in [6.45, 7) is 4.03. The highest BCUT2D eigenvalue weighted by atomic mass is 16.3. The van der Waals surface area contributed by atoms with Crippen molar-refractivity contribution in [2.75, 3.05) is 0 Å². The molecule has 2 aromatic rings. The zero-order chi connectivity index (χ0) is 12.4. The lowest BCUT2D eigenvalue weighted by Crippen LogP contribution is -2.03. The number of aliphatic hydroxyl groups excluding tert-OH is 1. The summed E-state index contributed by atoms with van der Waals surface area (Å²) in [4.78, 5) is 0. The Balaban J connectivity index is 2.14. The van der Waals surface area contributed by atoms with Crippen LogP contribution in [0.25, 0.3) is 0 Å². The van der Waals surface area contributed by atoms with Gasteiger partial charge in [-0.2, -0.15) is 5.10 Å². The molecule has 3 heteroatoms. The van der Waals surface area contributed by atoms with E-state index in [9.17, 15) is 5.11 Å². The van der Waals surface area contributed by atoms with Crippen LogP contribution in [0.4, 0.5) is 0 Å². The van der Waals surface area contributed by atoms with Crippen molar-refractivity contribution in [2.24, 2.45) is 7.05 Å². The molecular weight excluding hydrogens is 212 g/mol. The minimum Gasteiger partial charge on any atom is -0.388 e. The molecule has 90 valence electrons. The van der Waals surface area contributed by atoms with Gasteiger partial charge >= 0.3 is 0 Å². The number of hydrogen-bond acceptors (Lipinski definition) is 2. The van der Waals surface area contributed by atoms with Crippen LogP contribution in [0.3, 0.4) is 0 Å². The van der Waals surface area contributed by atoms with Crippen LogP contribution in [0, 0.1) is 13.8 Å². The molecule has 0 spiro atoms. The standard InChI is InChI=1S/C14H18N2O/c1-10-4-6-12(7-5-10)8-14(17)13-9-15-16(3)11(13)2/h4-7,9,14,17H,8H2,1-3H3. The first-order valence-electron chi connectivity index (χ1n) is 5.80. The molecule has 0 aliphatic heterocycles. The van der Waals surface area contributed by atoms with Crippen molar-refractivity contribution < 1.29 is 5.11 Å². The normalized spacial score (nSPS) is 12.7. The number of benzene rings is 1. The van der Waals surface area contributed by atoms with Crippen molar-refractivity contribution in [2.45, 2.75) is 26.4 Å². The third kappa shape index (κ3) is 2.56. The van der Waals surface area contributed by atoms with Crippen LogP contribution in [0.15, 0.2) is 30.5 Å². The number of nitrogens with zero attached hydrogens (tertiary/aromatic N) is 2. The van der Waals surface area contributed by atoms with Gasteiger partial charge in [-0.1, -0.05) is 29.8 Å². The zero-order valence-electron chi connectivity index (χ0n) is 10.5. The van der Waals surface area contributed by atoms with E-state index in [0.29, 0.717) is 6.42 Å². The van der Waals surface area contributed by atoms with Gasteiger partial charge in [-0.15, -0.1) is 0 Å². The fraction of sp³-hybridized carbons (Fsp3) is 0.357. The second-order valence-corrected chi connectivity index (χ2v) is 4.51. The Morgan fingerprint density at radius 3 is 2.41 bits per heavy atom. The predicted molar refractivity (Wildman–Crippen MR) is 67.8 cm³/mol. The molecule has 2 rings (SSSR count). The van der Waals surface area contributed by atoms with Gasteiger partial charge in [0, 0.05) is 24.7 Å². The summed E-state index contributed by atoms with van der Waals surface area (Å²) in [7, 11) is 1.89. The molecule has 17 heavy (non-hydrogen) atoms. The molecule has 0 saturated carbocycles. The summed E-state index contributed by atoms with van der Waals surface area (Å²) in [5, 5.41) is 14.3. The number of rotatable bonds is 3. The molecule has 0 aliphatic carbocycles. The molecule has 1 N–H and O–H groups in total. The quantitative estimate of drug-likeness (QED) is 0.878. The van der Waals surface area contributed by atoms with Crippen LogP contribution in [0.1, 0.15) is 28.5 Å². The third-order valence-corrected chi connectivity index (χ3v) is 3.18. The molecule has 1 aromatic heterocycles. The zero-order valence-corrected chi connectivity index (χ0v) is 10.5. The summed E-state index contributed by atoms with van der Waals surface area (Å²) >= 11 is 0. The van der Waals surface area contributed by atoms with Gasteiger partial charge in [0.1, 0.15) is 0 Å². The fourth-order valence-corrected chi connectivity index (χ4v) is 1.90. The molecule has 1 unspecified atom stereocenters. The molecule has 0 aliphatic rings. The van der Waals surface area contributed by atoms with Crippen molar-refractivity contribution in [1.82, 2.24) is 9.78 Å². The Labute approximate surface area is 102 Å². The summed E-state index contributed by atoms with van der Waals surface area (Å²) in [6, 6.07) is 8.25. The van der Waals surface area contributed by atoms with E-state index < -0.39 is 6.10 Å². The van der Waals surface area contributed by atoms with E-state index in [4.69, 9.17) is 0 Å². The van der Waals surface area contributed by atoms with Gasteiger partial charge in [0.15, 0.2) is 0 Å². The summed E-state index contributed by atoms with van der Waals surface area (Å²) < 4.78 is 1.79. The highest BCUT2D eigenvalue weighted by Gasteiger charge is 2.14. The average molecular weight is 230 g/mol. The van der Waals surface area contributed by atoms with Crippen molar-refractivity contribution in [3.63, 3.8) is 0 Å². The van der Waals surface area contributed by atoms with Crippen LogP contribution >= 0.6 is 0 Å². The smallest absolute Gasteiger partial charge is 0.0863 e. The molecule has 1 aromatic carbocycles. The average Bonchev–Trinajstić information content (AvgIpc) is 2.63. The Kier molecular flexibility index (Phi) is 3.29. The highest BCUT2D eigenvalue weighted by Crippen LogP contribution is 2.21. The van der Waals surface area contributed by atoms with E-state index in [1.165, 1.54) is 5.56 Å². The number of aryl methyl sites for hydroxylation is 2. The molecule has 0 radical (unpaired) electrons. The van der Waals surface area contributed by atoms with Gasteiger partial charge in [-0.25, -0.2) is 0 Å². The Morgan fingerprint density at radius 1 is 1.24 bits per heavy atom. The van der Waals surface area contributed by atoms with Crippen LogP contribution in [-0.4, -0.2) is 14.9 Å². The molecule has 0 amide bonds. The molecule has 3 nitrogen and oxygen atoms in total. The van der Waals surface area contributed by atoms with Crippen molar-refractivity contribution in [3.05, 3.63) is 52.8 Å². The monoisotopic (exact) mass is 230 g/mol. The van der Waals surface area contributed by atoms with E-state index in [1.54, 1.807) is 10.9 Å². The van der Waals surface area contributed by atoms with Gasteiger partial charge in [0.05, 0.1) is 12.3 Å². The molecule has 0 bridgehead atoms. The topological polar surface area (TPSA) is 38.1 Å². The van der Waals surface area contributed by atoms with E-state index in [2.05, 4.69) is 36.3 Å². The van der Waals surface area contributed by atoms with Gasteiger partial charge < -0.3 is 5.11 Å². The van der Waals surface area contributed by atoms with Crippen molar-refractivity contribution >= 4 is 0 Å². The van der Waals surface area contributed by atoms with Crippen LogP contribution in [0.2, 0.25) is 0 Å². The van der Waals surface area contributed by atoms with Crippen molar-refractivity contribution in [3.8, 4) is 0 Å². The maximum Gasteiger partial charge on any atom is 0.0863 e. The van der Waals surface area contributed by atoms with Crippen LogP contribution in [-0.2, 0) is 13.5 Å². The Hall–Kier alpha value is -1.61. The molecule has 1 heterocycles. The third-order valence-electron chi connectivity index (χ3n) is 3.18. The lowest BCUT2D eigenvalue weighted by Gasteiger charge is -2.10. The highest BCUT2D eigenvalue weighted by molar-refractivity contribution is 5.25. The van der Waals surface area contributed by atoms with E-state index in [1.807, 2.05) is 14.0 Å². The molecule has 0 saturated heterocycles. The second-order valence-electron chi connectivity index (χ2n) is 4.51. The first-order chi connectivity index (χ1) is 8.08. The summed E-state index contributed by atoms with van der Waals surface area (Å²) in [5.74, 6) is 0. The predicted octanol–water partition coefficient (Wildman–Crippen LogP) is 2.31. The first-order valence-corrected chi connectivity index (χ1v) is 5.80. The maximum absolute atomic E-state index is 10.2. The lowest BCUT2D eigenvalue weighted by atomic mass is 10.0. The van der Waals surface area contributed by atoms with E-state index >= 15 is 0 Å². The van der Waals surface area contributed by atoms with Gasteiger partial charge in [0.25, 0.3) is 0 Å². The minimum atomic E-state index is -0.480. The minimum absolute atomic E-state index is 0.480. The van der Waals surface area contributed by atoms with Gasteiger partial charge in [0.2, 0.25) is 0 Å². The number of aromatic nitrogens is 2. The number of hydrogen-bond donors (Lipinski definition) is 1. The summed E-state index contributed by atoms with van der Waals surface area (Å²) in [5.41, 5.74) is 4.31. The van der Waals surface area contributed by atoms with Crippen LogP contribution < -0.4 is 0 Å². The maximum atomic E-state index is 10.2. The molecule has 1 atom stereocenters. The van der Waals surface area contributed by atoms with Crippen molar-refractivity contribution in [1.29, 1.82) is 0 Å². The first kappa shape index (κ1) is 11.9. The molecule has 0 fully saturated rings. The van der Waals surface area contributed by atoms with Gasteiger partial charge in [-0.3, -0.25) is 4.68 Å². The lowest BCUT2D eigenvalue weighted by molar-refractivity contribution is 0.177. The Bertz CT molecular complexity index is 499. The molecular formula is C14H18N2O. The van der Waals surface area contributed by atoms with E-state index in [0.717, 1.165) is 16.8 Å². The fourth-order valence-electron chi connectivity index (χ4n) is 1.90. The van der Waals surface area contributed by atoms with E-state index in [-0.39, 0.29) is 0 Å². The number of aliphatic hydroxyl groups is 1. The van der Waals surface area contributed by atoms with Gasteiger partial charge in [-0.05, 0) is 19.4 Å².